The van der Waals surface area contributed by atoms with Gasteiger partial charge in [0.25, 0.3) is 0 Å². The molecule has 0 saturated heterocycles. The van der Waals surface area contributed by atoms with Crippen LogP contribution in [0.2, 0.25) is 0 Å². The van der Waals surface area contributed by atoms with Gasteiger partial charge in [0.1, 0.15) is 0 Å². The van der Waals surface area contributed by atoms with Crippen molar-refractivity contribution in [2.75, 3.05) is 20.3 Å². The van der Waals surface area contributed by atoms with Crippen molar-refractivity contribution in [1.29, 1.82) is 0 Å². The zero-order valence-corrected chi connectivity index (χ0v) is 13.8. The van der Waals surface area contributed by atoms with Crippen LogP contribution < -0.4 is 20.2 Å². The van der Waals surface area contributed by atoms with Crippen molar-refractivity contribution in [3.8, 4) is 11.5 Å². The van der Waals surface area contributed by atoms with Gasteiger partial charge in [0.05, 0.1) is 19.4 Å². The summed E-state index contributed by atoms with van der Waals surface area (Å²) < 4.78 is 11.4. The number of hydrogen-bond acceptors (Lipinski definition) is 4. The molecule has 6 heteroatoms. The maximum Gasteiger partial charge on any atom is 0.186 e. The summed E-state index contributed by atoms with van der Waals surface area (Å²) in [7, 11) is 1.74. The van der Waals surface area contributed by atoms with E-state index in [0.717, 1.165) is 17.1 Å². The van der Waals surface area contributed by atoms with Gasteiger partial charge in [-0.05, 0) is 48.8 Å². The van der Waals surface area contributed by atoms with E-state index in [4.69, 9.17) is 21.7 Å². The predicted molar refractivity (Wildman–Crippen MR) is 90.3 cm³/mol. The van der Waals surface area contributed by atoms with Crippen LogP contribution in [0.3, 0.4) is 0 Å². The van der Waals surface area contributed by atoms with Crippen LogP contribution in [0.5, 0.6) is 11.5 Å². The zero-order chi connectivity index (χ0) is 15.7. The maximum absolute atomic E-state index is 5.75. The fraction of sp³-hybridized carbons (Fsp3) is 0.467. The first-order valence-electron chi connectivity index (χ1n) is 6.97. The molecule has 5 nitrogen and oxygen atoms in total. The van der Waals surface area contributed by atoms with E-state index < -0.39 is 0 Å². The van der Waals surface area contributed by atoms with E-state index in [0.29, 0.717) is 24.2 Å². The molecule has 0 fully saturated rings. The molecule has 2 N–H and O–H groups in total. The molecule has 0 unspecified atom stereocenters. The topological polar surface area (TPSA) is 54.9 Å². The SMILES string of the molecule is CCOc1cc(/C=N\NC(=S)NC)ccc1OCC(C)C. The van der Waals surface area contributed by atoms with Gasteiger partial charge in [0, 0.05) is 7.05 Å². The van der Waals surface area contributed by atoms with Gasteiger partial charge in [-0.3, -0.25) is 5.43 Å². The third kappa shape index (κ3) is 6.44. The molecule has 0 spiro atoms. The Bertz CT molecular complexity index is 490. The highest BCUT2D eigenvalue weighted by Crippen LogP contribution is 2.28. The quantitative estimate of drug-likeness (QED) is 0.460. The molecule has 0 aliphatic carbocycles. The molecule has 0 aromatic heterocycles. The Morgan fingerprint density at radius 3 is 2.71 bits per heavy atom. The first-order valence-corrected chi connectivity index (χ1v) is 7.38. The van der Waals surface area contributed by atoms with Crippen LogP contribution >= 0.6 is 12.2 Å². The Labute approximate surface area is 131 Å². The number of hydrazone groups is 1. The number of benzene rings is 1. The van der Waals surface area contributed by atoms with Gasteiger partial charge in [0.15, 0.2) is 16.6 Å². The summed E-state index contributed by atoms with van der Waals surface area (Å²) >= 11 is 4.94. The minimum atomic E-state index is 0.465. The standard InChI is InChI=1S/C15H23N3O2S/c1-5-19-14-8-12(9-17-18-15(21)16-4)6-7-13(14)20-10-11(2)3/h6-9,11H,5,10H2,1-4H3,(H2,16,18,21)/b17-9-. The van der Waals surface area contributed by atoms with Crippen molar-refractivity contribution < 1.29 is 9.47 Å². The molecule has 0 atom stereocenters. The molecule has 21 heavy (non-hydrogen) atoms. The van der Waals surface area contributed by atoms with Crippen LogP contribution in [0.25, 0.3) is 0 Å². The molecular weight excluding hydrogens is 286 g/mol. The summed E-state index contributed by atoms with van der Waals surface area (Å²) in [6.45, 7) is 7.40. The van der Waals surface area contributed by atoms with Crippen LogP contribution in [0.1, 0.15) is 26.3 Å². The number of rotatable bonds is 7. The number of ether oxygens (including phenoxy) is 2. The van der Waals surface area contributed by atoms with Crippen LogP contribution in [0, 0.1) is 5.92 Å². The van der Waals surface area contributed by atoms with Crippen molar-refractivity contribution >= 4 is 23.5 Å². The Hall–Kier alpha value is -1.82. The fourth-order valence-corrected chi connectivity index (χ4v) is 1.52. The average Bonchev–Trinajstić information content (AvgIpc) is 2.46. The molecule has 0 radical (unpaired) electrons. The number of thiocarbonyl (C=S) groups is 1. The molecule has 0 amide bonds. The lowest BCUT2D eigenvalue weighted by atomic mass is 10.2. The minimum absolute atomic E-state index is 0.465. The maximum atomic E-state index is 5.75. The van der Waals surface area contributed by atoms with Gasteiger partial charge in [-0.2, -0.15) is 5.10 Å². The third-order valence-electron chi connectivity index (χ3n) is 2.45. The molecule has 0 aliphatic rings. The van der Waals surface area contributed by atoms with Gasteiger partial charge < -0.3 is 14.8 Å². The molecule has 0 bridgehead atoms. The highest BCUT2D eigenvalue weighted by molar-refractivity contribution is 7.80. The van der Waals surface area contributed by atoms with Crippen molar-refractivity contribution in [1.82, 2.24) is 10.7 Å². The summed E-state index contributed by atoms with van der Waals surface area (Å²) in [6, 6.07) is 5.71. The van der Waals surface area contributed by atoms with Gasteiger partial charge in [-0.15, -0.1) is 0 Å². The van der Waals surface area contributed by atoms with E-state index in [1.165, 1.54) is 0 Å². The second-order valence-corrected chi connectivity index (χ2v) is 5.20. The first kappa shape index (κ1) is 17.2. The van der Waals surface area contributed by atoms with E-state index >= 15 is 0 Å². The van der Waals surface area contributed by atoms with E-state index in [1.54, 1.807) is 13.3 Å². The van der Waals surface area contributed by atoms with Gasteiger partial charge in [0.2, 0.25) is 0 Å². The lowest BCUT2D eigenvalue weighted by molar-refractivity contribution is 0.248. The predicted octanol–water partition coefficient (Wildman–Crippen LogP) is 2.55. The third-order valence-corrected chi connectivity index (χ3v) is 2.74. The van der Waals surface area contributed by atoms with E-state index in [2.05, 4.69) is 29.7 Å². The van der Waals surface area contributed by atoms with Crippen LogP contribution in [-0.2, 0) is 0 Å². The first-order chi connectivity index (χ1) is 10.1. The van der Waals surface area contributed by atoms with Crippen LogP contribution in [-0.4, -0.2) is 31.6 Å². The van der Waals surface area contributed by atoms with E-state index in [1.807, 2.05) is 25.1 Å². The monoisotopic (exact) mass is 309 g/mol. The molecule has 1 aromatic carbocycles. The van der Waals surface area contributed by atoms with Gasteiger partial charge in [-0.25, -0.2) is 0 Å². The summed E-state index contributed by atoms with van der Waals surface area (Å²) in [5, 5.41) is 7.29. The Kier molecular flexibility index (Phi) is 7.53. The summed E-state index contributed by atoms with van der Waals surface area (Å²) in [4.78, 5) is 0. The molecule has 1 rings (SSSR count). The summed E-state index contributed by atoms with van der Waals surface area (Å²) in [5.41, 5.74) is 3.61. The second kappa shape index (κ2) is 9.18. The summed E-state index contributed by atoms with van der Waals surface area (Å²) in [5.74, 6) is 1.94. The zero-order valence-electron chi connectivity index (χ0n) is 13.0. The molecular formula is C15H23N3O2S. The van der Waals surface area contributed by atoms with Crippen LogP contribution in [0.15, 0.2) is 23.3 Å². The Morgan fingerprint density at radius 2 is 2.10 bits per heavy atom. The second-order valence-electron chi connectivity index (χ2n) is 4.79. The number of nitrogens with one attached hydrogen (secondary N) is 2. The Morgan fingerprint density at radius 1 is 1.33 bits per heavy atom. The van der Waals surface area contributed by atoms with E-state index in [-0.39, 0.29) is 0 Å². The average molecular weight is 309 g/mol. The lowest BCUT2D eigenvalue weighted by Gasteiger charge is -2.13. The highest BCUT2D eigenvalue weighted by atomic mass is 32.1. The van der Waals surface area contributed by atoms with Crippen molar-refractivity contribution in [3.05, 3.63) is 23.8 Å². The minimum Gasteiger partial charge on any atom is -0.490 e. The normalized spacial score (nSPS) is 10.7. The molecule has 0 aliphatic heterocycles. The largest absolute Gasteiger partial charge is 0.490 e. The smallest absolute Gasteiger partial charge is 0.186 e. The molecule has 0 heterocycles. The lowest BCUT2D eigenvalue weighted by Crippen LogP contribution is -2.28. The van der Waals surface area contributed by atoms with Crippen LogP contribution in [0.4, 0.5) is 0 Å². The molecule has 1 aromatic rings. The Balaban J connectivity index is 2.79. The summed E-state index contributed by atoms with van der Waals surface area (Å²) in [6.07, 6.45) is 1.68. The van der Waals surface area contributed by atoms with Crippen molar-refractivity contribution in [2.24, 2.45) is 11.0 Å². The molecule has 116 valence electrons. The van der Waals surface area contributed by atoms with Crippen molar-refractivity contribution in [2.45, 2.75) is 20.8 Å². The highest BCUT2D eigenvalue weighted by Gasteiger charge is 2.06. The fourth-order valence-electron chi connectivity index (χ4n) is 1.47. The van der Waals surface area contributed by atoms with E-state index in [9.17, 15) is 0 Å². The van der Waals surface area contributed by atoms with Gasteiger partial charge in [-0.1, -0.05) is 13.8 Å². The number of nitrogens with zero attached hydrogens (tertiary/aromatic N) is 1. The van der Waals surface area contributed by atoms with Crippen molar-refractivity contribution in [3.63, 3.8) is 0 Å². The van der Waals surface area contributed by atoms with Gasteiger partial charge >= 0.3 is 0 Å². The number of hydrogen-bond donors (Lipinski definition) is 2. The molecule has 0 saturated carbocycles.